The highest BCUT2D eigenvalue weighted by molar-refractivity contribution is 14.0. The largest absolute Gasteiger partial charge is 0.356 e. The fourth-order valence-corrected chi connectivity index (χ4v) is 1.84. The van der Waals surface area contributed by atoms with Gasteiger partial charge < -0.3 is 15.5 Å². The van der Waals surface area contributed by atoms with Crippen molar-refractivity contribution < 1.29 is 4.79 Å². The third-order valence-corrected chi connectivity index (χ3v) is 3.33. The fourth-order valence-electron chi connectivity index (χ4n) is 1.84. The Hall–Kier alpha value is -1.31. The van der Waals surface area contributed by atoms with E-state index < -0.39 is 0 Å². The maximum absolute atomic E-state index is 11.7. The van der Waals surface area contributed by atoms with Crippen LogP contribution >= 0.6 is 24.0 Å². The van der Waals surface area contributed by atoms with Gasteiger partial charge in [-0.2, -0.15) is 0 Å². The zero-order valence-corrected chi connectivity index (χ0v) is 16.8. The van der Waals surface area contributed by atoms with E-state index in [9.17, 15) is 4.79 Å². The molecule has 2 N–H and O–H groups in total. The van der Waals surface area contributed by atoms with E-state index in [1.165, 1.54) is 0 Å². The lowest BCUT2D eigenvalue weighted by atomic mass is 10.2. The molecule has 6 heteroatoms. The number of carbonyl (C=O) groups excluding carboxylic acids is 1. The minimum Gasteiger partial charge on any atom is -0.356 e. The van der Waals surface area contributed by atoms with Crippen molar-refractivity contribution in [2.24, 2.45) is 4.99 Å². The predicted molar refractivity (Wildman–Crippen MR) is 107 cm³/mol. The molecule has 5 nitrogen and oxygen atoms in total. The number of guanidine groups is 1. The number of halogens is 1. The maximum atomic E-state index is 11.7. The number of benzene rings is 1. The Kier molecular flexibility index (Phi) is 11.5. The van der Waals surface area contributed by atoms with Crippen LogP contribution in [0.3, 0.4) is 0 Å². The molecule has 1 aromatic rings. The molecule has 1 aromatic carbocycles. The number of amides is 1. The minimum absolute atomic E-state index is 0. The van der Waals surface area contributed by atoms with Gasteiger partial charge in [0.15, 0.2) is 5.96 Å². The lowest BCUT2D eigenvalue weighted by Crippen LogP contribution is -2.39. The van der Waals surface area contributed by atoms with Gasteiger partial charge in [-0.15, -0.1) is 24.0 Å². The van der Waals surface area contributed by atoms with Gasteiger partial charge >= 0.3 is 0 Å². The second-order valence-corrected chi connectivity index (χ2v) is 5.57. The average Bonchev–Trinajstić information content (AvgIpc) is 2.51. The van der Waals surface area contributed by atoms with Gasteiger partial charge in [0.1, 0.15) is 0 Å². The van der Waals surface area contributed by atoms with Crippen molar-refractivity contribution in [2.75, 3.05) is 20.6 Å². The number of hydrogen-bond donors (Lipinski definition) is 2. The Morgan fingerprint density at radius 3 is 2.48 bits per heavy atom. The zero-order valence-electron chi connectivity index (χ0n) is 14.5. The summed E-state index contributed by atoms with van der Waals surface area (Å²) in [4.78, 5) is 18.2. The molecule has 0 aliphatic heterocycles. The van der Waals surface area contributed by atoms with Crippen molar-refractivity contribution in [3.05, 3.63) is 35.9 Å². The summed E-state index contributed by atoms with van der Waals surface area (Å²) in [5.41, 5.74) is 1.16. The van der Waals surface area contributed by atoms with Gasteiger partial charge in [0.25, 0.3) is 0 Å². The fraction of sp³-hybridized carbons (Fsp3) is 0.529. The molecule has 1 unspecified atom stereocenters. The summed E-state index contributed by atoms with van der Waals surface area (Å²) in [7, 11) is 3.88. The molecule has 0 fully saturated rings. The first kappa shape index (κ1) is 21.7. The summed E-state index contributed by atoms with van der Waals surface area (Å²) in [6, 6.07) is 10.3. The van der Waals surface area contributed by atoms with Crippen LogP contribution in [0.5, 0.6) is 0 Å². The molecule has 0 saturated heterocycles. The molecule has 0 aliphatic rings. The monoisotopic (exact) mass is 432 g/mol. The van der Waals surface area contributed by atoms with Crippen LogP contribution in [0, 0.1) is 0 Å². The number of carbonyl (C=O) groups is 1. The number of aliphatic imine (C=N–C) groups is 1. The van der Waals surface area contributed by atoms with E-state index >= 15 is 0 Å². The third-order valence-electron chi connectivity index (χ3n) is 3.33. The van der Waals surface area contributed by atoms with E-state index in [2.05, 4.69) is 34.7 Å². The number of hydrogen-bond acceptors (Lipinski definition) is 2. The molecule has 1 atom stereocenters. The van der Waals surface area contributed by atoms with E-state index in [4.69, 9.17) is 0 Å². The van der Waals surface area contributed by atoms with Crippen LogP contribution < -0.4 is 10.6 Å². The smallest absolute Gasteiger partial charge is 0.221 e. The van der Waals surface area contributed by atoms with Crippen LogP contribution in [0.4, 0.5) is 0 Å². The molecular weight excluding hydrogens is 403 g/mol. The van der Waals surface area contributed by atoms with Crippen LogP contribution in [0.2, 0.25) is 0 Å². The molecule has 0 aromatic heterocycles. The molecular formula is C17H29IN4O. The molecule has 0 bridgehead atoms. The highest BCUT2D eigenvalue weighted by Crippen LogP contribution is 2.00. The molecule has 0 heterocycles. The lowest BCUT2D eigenvalue weighted by Gasteiger charge is -2.18. The molecule has 0 radical (unpaired) electrons. The Morgan fingerprint density at radius 2 is 1.91 bits per heavy atom. The molecule has 130 valence electrons. The lowest BCUT2D eigenvalue weighted by molar-refractivity contribution is -0.121. The van der Waals surface area contributed by atoms with Gasteiger partial charge in [-0.3, -0.25) is 4.79 Å². The standard InChI is InChI=1S/C17H28N4O.HI/c1-5-14(2)20-16(22)11-12-18-17(21(3)4)19-13-15-9-7-6-8-10-15;/h6-10,14H,5,11-13H2,1-4H3,(H,18,19)(H,20,22);1H. The van der Waals surface area contributed by atoms with E-state index in [0.29, 0.717) is 19.5 Å². The summed E-state index contributed by atoms with van der Waals surface area (Å²) in [6.45, 7) is 5.27. The van der Waals surface area contributed by atoms with Gasteiger partial charge in [0, 0.05) is 33.1 Å². The van der Waals surface area contributed by atoms with Gasteiger partial charge in [-0.1, -0.05) is 37.3 Å². The predicted octanol–water partition coefficient (Wildman–Crippen LogP) is 2.62. The number of nitrogens with zero attached hydrogens (tertiary/aromatic N) is 2. The van der Waals surface area contributed by atoms with E-state index in [1.54, 1.807) is 0 Å². The Bertz CT molecular complexity index is 477. The first-order valence-corrected chi connectivity index (χ1v) is 7.81. The van der Waals surface area contributed by atoms with Gasteiger partial charge in [-0.05, 0) is 18.9 Å². The van der Waals surface area contributed by atoms with Crippen LogP contribution in [-0.2, 0) is 11.3 Å². The third kappa shape index (κ3) is 9.43. The molecule has 0 saturated carbocycles. The SMILES string of the molecule is CCC(C)NC(=O)CCNC(=NCc1ccccc1)N(C)C.I. The van der Waals surface area contributed by atoms with Crippen LogP contribution in [-0.4, -0.2) is 43.4 Å². The molecule has 0 spiro atoms. The molecule has 1 amide bonds. The second kappa shape index (κ2) is 12.2. The van der Waals surface area contributed by atoms with E-state index in [-0.39, 0.29) is 35.9 Å². The van der Waals surface area contributed by atoms with Crippen molar-refractivity contribution in [1.82, 2.24) is 15.5 Å². The Morgan fingerprint density at radius 1 is 1.26 bits per heavy atom. The molecule has 23 heavy (non-hydrogen) atoms. The summed E-state index contributed by atoms with van der Waals surface area (Å²) in [5, 5.41) is 6.18. The number of rotatable bonds is 7. The van der Waals surface area contributed by atoms with Crippen molar-refractivity contribution in [3.63, 3.8) is 0 Å². The minimum atomic E-state index is 0. The maximum Gasteiger partial charge on any atom is 0.221 e. The first-order chi connectivity index (χ1) is 10.5. The van der Waals surface area contributed by atoms with Crippen LogP contribution in [0.15, 0.2) is 35.3 Å². The van der Waals surface area contributed by atoms with Crippen molar-refractivity contribution >= 4 is 35.8 Å². The Labute approximate surface area is 157 Å². The van der Waals surface area contributed by atoms with Crippen LogP contribution in [0.25, 0.3) is 0 Å². The normalized spacial score (nSPS) is 12.1. The van der Waals surface area contributed by atoms with E-state index in [0.717, 1.165) is 17.9 Å². The second-order valence-electron chi connectivity index (χ2n) is 5.57. The highest BCUT2D eigenvalue weighted by Gasteiger charge is 2.06. The van der Waals surface area contributed by atoms with E-state index in [1.807, 2.05) is 44.1 Å². The van der Waals surface area contributed by atoms with Gasteiger partial charge in [0.05, 0.1) is 6.54 Å². The highest BCUT2D eigenvalue weighted by atomic mass is 127. The molecule has 1 rings (SSSR count). The van der Waals surface area contributed by atoms with Crippen molar-refractivity contribution in [3.8, 4) is 0 Å². The summed E-state index contributed by atoms with van der Waals surface area (Å²) >= 11 is 0. The summed E-state index contributed by atoms with van der Waals surface area (Å²) < 4.78 is 0. The quantitative estimate of drug-likeness (QED) is 0.396. The van der Waals surface area contributed by atoms with Crippen molar-refractivity contribution in [2.45, 2.75) is 39.3 Å². The topological polar surface area (TPSA) is 56.7 Å². The summed E-state index contributed by atoms with van der Waals surface area (Å²) in [5.74, 6) is 0.864. The zero-order chi connectivity index (χ0) is 16.4. The van der Waals surface area contributed by atoms with Gasteiger partial charge in [0.2, 0.25) is 5.91 Å². The molecule has 0 aliphatic carbocycles. The summed E-state index contributed by atoms with van der Waals surface area (Å²) in [6.07, 6.45) is 1.39. The van der Waals surface area contributed by atoms with Crippen LogP contribution in [0.1, 0.15) is 32.3 Å². The number of nitrogens with one attached hydrogen (secondary N) is 2. The van der Waals surface area contributed by atoms with Crippen molar-refractivity contribution in [1.29, 1.82) is 0 Å². The Balaban J connectivity index is 0.00000484. The first-order valence-electron chi connectivity index (χ1n) is 7.81. The average molecular weight is 432 g/mol. The van der Waals surface area contributed by atoms with Gasteiger partial charge in [-0.25, -0.2) is 4.99 Å².